The van der Waals surface area contributed by atoms with E-state index in [0.29, 0.717) is 5.56 Å². The highest BCUT2D eigenvalue weighted by atomic mass is 19.4. The molecular weight excluding hydrogens is 477 g/mol. The molecule has 192 valence electrons. The van der Waals surface area contributed by atoms with E-state index in [0.717, 1.165) is 23.2 Å². The Labute approximate surface area is 199 Å². The van der Waals surface area contributed by atoms with Crippen molar-refractivity contribution >= 4 is 11.9 Å². The summed E-state index contributed by atoms with van der Waals surface area (Å²) in [6.07, 6.45) is -5.29. The van der Waals surface area contributed by atoms with Gasteiger partial charge in [-0.2, -0.15) is 0 Å². The fourth-order valence-corrected chi connectivity index (χ4v) is 3.74. The number of rotatable bonds is 7. The molecule has 3 atom stereocenters. The highest BCUT2D eigenvalue weighted by molar-refractivity contribution is 5.89. The second kappa shape index (κ2) is 9.92. The van der Waals surface area contributed by atoms with Crippen LogP contribution in [0.1, 0.15) is 51.9 Å². The van der Waals surface area contributed by atoms with Crippen LogP contribution in [0.5, 0.6) is 5.75 Å². The Kier molecular flexibility index (Phi) is 7.53. The number of aromatic nitrogens is 2. The van der Waals surface area contributed by atoms with Gasteiger partial charge in [-0.25, -0.2) is 28.4 Å². The first-order chi connectivity index (χ1) is 16.1. The number of carbonyl (C=O) groups is 1. The Bertz CT molecular complexity index is 1070. The highest BCUT2D eigenvalue weighted by Gasteiger charge is 2.42. The highest BCUT2D eigenvalue weighted by Crippen LogP contribution is 2.31. The SMILES string of the molecule is C[C@H](Cc1ncc(F)c(N2C(=O)OC[C@@H]2[C@@H](C)OC(C)(C)C)n1)c1ccc(OC(F)(F)F)c(F)c1. The van der Waals surface area contributed by atoms with Gasteiger partial charge in [0.15, 0.2) is 23.2 Å². The summed E-state index contributed by atoms with van der Waals surface area (Å²) in [5.74, 6) is -3.55. The summed E-state index contributed by atoms with van der Waals surface area (Å²) in [4.78, 5) is 21.7. The van der Waals surface area contributed by atoms with E-state index in [9.17, 15) is 26.7 Å². The average molecular weight is 503 g/mol. The lowest BCUT2D eigenvalue weighted by atomic mass is 9.97. The quantitative estimate of drug-likeness (QED) is 0.463. The van der Waals surface area contributed by atoms with Crippen LogP contribution in [-0.2, 0) is 15.9 Å². The van der Waals surface area contributed by atoms with Crippen molar-refractivity contribution in [3.8, 4) is 5.75 Å². The summed E-state index contributed by atoms with van der Waals surface area (Å²) in [6, 6.07) is 2.47. The second-order valence-corrected chi connectivity index (χ2v) is 9.25. The molecule has 1 amide bonds. The molecular formula is C23H26F5N3O4. The van der Waals surface area contributed by atoms with Crippen molar-refractivity contribution in [1.82, 2.24) is 9.97 Å². The minimum atomic E-state index is -5.02. The summed E-state index contributed by atoms with van der Waals surface area (Å²) in [5.41, 5.74) is -0.158. The van der Waals surface area contributed by atoms with E-state index >= 15 is 0 Å². The van der Waals surface area contributed by atoms with Crippen LogP contribution in [0.15, 0.2) is 24.4 Å². The van der Waals surface area contributed by atoms with E-state index in [-0.39, 0.29) is 24.7 Å². The van der Waals surface area contributed by atoms with Gasteiger partial charge in [0.1, 0.15) is 18.5 Å². The van der Waals surface area contributed by atoms with Crippen molar-refractivity contribution in [1.29, 1.82) is 0 Å². The molecule has 0 N–H and O–H groups in total. The lowest BCUT2D eigenvalue weighted by Gasteiger charge is -2.31. The number of ether oxygens (including phenoxy) is 3. The predicted molar refractivity (Wildman–Crippen MR) is 115 cm³/mol. The molecule has 1 aromatic heterocycles. The molecule has 1 aliphatic rings. The van der Waals surface area contributed by atoms with E-state index in [1.165, 1.54) is 6.07 Å². The molecule has 0 aliphatic carbocycles. The summed E-state index contributed by atoms with van der Waals surface area (Å²) < 4.78 is 80.6. The zero-order valence-corrected chi connectivity index (χ0v) is 19.8. The number of amides is 1. The molecule has 0 saturated carbocycles. The van der Waals surface area contributed by atoms with Crippen LogP contribution < -0.4 is 9.64 Å². The lowest BCUT2D eigenvalue weighted by Crippen LogP contribution is -2.45. The van der Waals surface area contributed by atoms with Crippen molar-refractivity contribution < 1.29 is 41.0 Å². The van der Waals surface area contributed by atoms with Gasteiger partial charge < -0.3 is 14.2 Å². The molecule has 1 aliphatic heterocycles. The maximum Gasteiger partial charge on any atom is 0.573 e. The van der Waals surface area contributed by atoms with E-state index in [1.807, 2.05) is 20.8 Å². The number of hydrogen-bond donors (Lipinski definition) is 0. The molecule has 7 nitrogen and oxygen atoms in total. The van der Waals surface area contributed by atoms with Crippen LogP contribution in [0.2, 0.25) is 0 Å². The summed E-state index contributed by atoms with van der Waals surface area (Å²) >= 11 is 0. The fraction of sp³-hybridized carbons (Fsp3) is 0.522. The Hall–Kier alpha value is -3.02. The zero-order valence-electron chi connectivity index (χ0n) is 19.8. The fourth-order valence-electron chi connectivity index (χ4n) is 3.74. The topological polar surface area (TPSA) is 73.8 Å². The van der Waals surface area contributed by atoms with E-state index in [2.05, 4.69) is 14.7 Å². The van der Waals surface area contributed by atoms with Crippen LogP contribution in [0, 0.1) is 11.6 Å². The van der Waals surface area contributed by atoms with Gasteiger partial charge in [0.25, 0.3) is 0 Å². The molecule has 1 saturated heterocycles. The van der Waals surface area contributed by atoms with Crippen LogP contribution in [0.3, 0.4) is 0 Å². The number of hydrogen-bond acceptors (Lipinski definition) is 6. The van der Waals surface area contributed by atoms with Crippen LogP contribution in [0.25, 0.3) is 0 Å². The summed E-state index contributed by atoms with van der Waals surface area (Å²) in [6.45, 7) is 8.95. The molecule has 3 rings (SSSR count). The normalized spacial score (nSPS) is 18.4. The number of benzene rings is 1. The van der Waals surface area contributed by atoms with Gasteiger partial charge in [0.05, 0.1) is 17.9 Å². The number of halogens is 5. The third kappa shape index (κ3) is 6.77. The minimum Gasteiger partial charge on any atom is -0.447 e. The maximum atomic E-state index is 14.7. The Morgan fingerprint density at radius 1 is 1.17 bits per heavy atom. The van der Waals surface area contributed by atoms with E-state index in [1.54, 1.807) is 13.8 Å². The Morgan fingerprint density at radius 3 is 2.46 bits per heavy atom. The zero-order chi connectivity index (χ0) is 26.1. The number of cyclic esters (lactones) is 1. The molecule has 0 unspecified atom stereocenters. The molecule has 1 fully saturated rings. The monoisotopic (exact) mass is 503 g/mol. The van der Waals surface area contributed by atoms with Gasteiger partial charge in [-0.15, -0.1) is 13.2 Å². The van der Waals surface area contributed by atoms with E-state index < -0.39 is 53.5 Å². The number of carbonyl (C=O) groups excluding carboxylic acids is 1. The number of nitrogens with zero attached hydrogens (tertiary/aromatic N) is 3. The van der Waals surface area contributed by atoms with Crippen LogP contribution in [-0.4, -0.2) is 46.8 Å². The van der Waals surface area contributed by atoms with E-state index in [4.69, 9.17) is 9.47 Å². The Morgan fingerprint density at radius 2 is 1.86 bits per heavy atom. The number of anilines is 1. The first kappa shape index (κ1) is 26.6. The van der Waals surface area contributed by atoms with Gasteiger partial charge in [0.2, 0.25) is 0 Å². The minimum absolute atomic E-state index is 0.0170. The van der Waals surface area contributed by atoms with Crippen LogP contribution >= 0.6 is 0 Å². The first-order valence-corrected chi connectivity index (χ1v) is 10.8. The Balaban J connectivity index is 1.81. The van der Waals surface area contributed by atoms with Crippen molar-refractivity contribution in [3.63, 3.8) is 0 Å². The standard InChI is InChI=1S/C23H26F5N3O4/c1-12(14-6-7-18(15(24)9-14)35-23(26,27)28)8-19-29-10-16(25)20(30-19)31-17(11-33-21(31)32)13(2)34-22(3,4)5/h6-7,9-10,12-13,17H,8,11H2,1-5H3/t12-,13-,17-/m1/s1. The summed E-state index contributed by atoms with van der Waals surface area (Å²) in [7, 11) is 0. The predicted octanol–water partition coefficient (Wildman–Crippen LogP) is 5.53. The molecule has 12 heteroatoms. The summed E-state index contributed by atoms with van der Waals surface area (Å²) in [5, 5.41) is 0. The van der Waals surface area contributed by atoms with Crippen molar-refractivity contribution in [3.05, 3.63) is 47.4 Å². The molecule has 2 heterocycles. The third-order valence-corrected chi connectivity index (χ3v) is 5.23. The van der Waals surface area contributed by atoms with Gasteiger partial charge in [-0.05, 0) is 51.3 Å². The van der Waals surface area contributed by atoms with Gasteiger partial charge in [0, 0.05) is 6.42 Å². The van der Waals surface area contributed by atoms with Crippen molar-refractivity contribution in [2.75, 3.05) is 11.5 Å². The average Bonchev–Trinajstić information content (AvgIpc) is 3.10. The first-order valence-electron chi connectivity index (χ1n) is 10.8. The second-order valence-electron chi connectivity index (χ2n) is 9.25. The molecule has 0 bridgehead atoms. The van der Waals surface area contributed by atoms with Gasteiger partial charge in [-0.1, -0.05) is 13.0 Å². The van der Waals surface area contributed by atoms with Crippen LogP contribution in [0.4, 0.5) is 32.6 Å². The smallest absolute Gasteiger partial charge is 0.447 e. The molecule has 0 spiro atoms. The molecule has 35 heavy (non-hydrogen) atoms. The third-order valence-electron chi connectivity index (χ3n) is 5.23. The molecule has 0 radical (unpaired) electrons. The molecule has 2 aromatic rings. The van der Waals surface area contributed by atoms with Crippen molar-refractivity contribution in [2.45, 2.75) is 71.1 Å². The largest absolute Gasteiger partial charge is 0.573 e. The van der Waals surface area contributed by atoms with Gasteiger partial charge >= 0.3 is 12.5 Å². The molecule has 1 aromatic carbocycles. The van der Waals surface area contributed by atoms with Crippen molar-refractivity contribution in [2.24, 2.45) is 0 Å². The lowest BCUT2D eigenvalue weighted by molar-refractivity contribution is -0.275. The maximum absolute atomic E-state index is 14.7. The number of alkyl halides is 3. The van der Waals surface area contributed by atoms with Gasteiger partial charge in [-0.3, -0.25) is 0 Å².